The lowest BCUT2D eigenvalue weighted by atomic mass is 10.1. The van der Waals surface area contributed by atoms with Crippen LogP contribution < -0.4 is 4.84 Å². The lowest BCUT2D eigenvalue weighted by Gasteiger charge is -2.05. The zero-order valence-corrected chi connectivity index (χ0v) is 7.42. The van der Waals surface area contributed by atoms with Crippen LogP contribution in [0.3, 0.4) is 0 Å². The van der Waals surface area contributed by atoms with Gasteiger partial charge >= 0.3 is 0 Å². The summed E-state index contributed by atoms with van der Waals surface area (Å²) >= 11 is 0. The Bertz CT molecular complexity index is 284. The summed E-state index contributed by atoms with van der Waals surface area (Å²) in [7, 11) is 0. The van der Waals surface area contributed by atoms with Gasteiger partial charge in [-0.05, 0) is 31.9 Å². The van der Waals surface area contributed by atoms with E-state index in [1.165, 1.54) is 0 Å². The molecule has 0 bridgehead atoms. The highest BCUT2D eigenvalue weighted by Crippen LogP contribution is 2.24. The molecule has 0 amide bonds. The van der Waals surface area contributed by atoms with Gasteiger partial charge in [0.05, 0.1) is 0 Å². The summed E-state index contributed by atoms with van der Waals surface area (Å²) in [6.45, 7) is 5.78. The van der Waals surface area contributed by atoms with Crippen molar-refractivity contribution in [2.75, 3.05) is 0 Å². The van der Waals surface area contributed by atoms with Crippen molar-refractivity contribution in [1.82, 2.24) is 0 Å². The topological polar surface area (TPSA) is 38.7 Å². The number of hydrogen-bond donors (Lipinski definition) is 0. The minimum atomic E-state index is 0.565. The van der Waals surface area contributed by atoms with Crippen molar-refractivity contribution in [3.8, 4) is 5.75 Å². The first-order valence-corrected chi connectivity index (χ1v) is 3.72. The summed E-state index contributed by atoms with van der Waals surface area (Å²) in [5.74, 6) is 0.565. The molecule has 64 valence electrons. The molecule has 0 aliphatic carbocycles. The molecule has 0 aliphatic heterocycles. The van der Waals surface area contributed by atoms with Crippen LogP contribution in [0.5, 0.6) is 5.75 Å². The van der Waals surface area contributed by atoms with E-state index in [1.54, 1.807) is 0 Å². The van der Waals surface area contributed by atoms with Crippen LogP contribution in [0.15, 0.2) is 17.5 Å². The van der Waals surface area contributed by atoms with E-state index in [2.05, 4.69) is 10.2 Å². The first-order valence-electron chi connectivity index (χ1n) is 3.72. The van der Waals surface area contributed by atoms with E-state index >= 15 is 0 Å². The Morgan fingerprint density at radius 2 is 1.67 bits per heavy atom. The minimum absolute atomic E-state index is 0.565. The Balaban J connectivity index is 3.18. The second kappa shape index (κ2) is 3.34. The van der Waals surface area contributed by atoms with Crippen molar-refractivity contribution in [3.63, 3.8) is 0 Å². The van der Waals surface area contributed by atoms with E-state index < -0.39 is 0 Å². The third-order valence-electron chi connectivity index (χ3n) is 1.73. The van der Waals surface area contributed by atoms with Gasteiger partial charge in [-0.15, -0.1) is 4.91 Å². The Hall–Kier alpha value is -1.38. The van der Waals surface area contributed by atoms with Gasteiger partial charge in [0.2, 0.25) is 0 Å². The predicted molar refractivity (Wildman–Crippen MR) is 47.1 cm³/mol. The highest BCUT2D eigenvalue weighted by molar-refractivity contribution is 5.42. The number of nitrogens with zero attached hydrogens (tertiary/aromatic N) is 1. The molecule has 1 rings (SSSR count). The van der Waals surface area contributed by atoms with Crippen LogP contribution in [0.2, 0.25) is 0 Å². The largest absolute Gasteiger partial charge is 0.323 e. The first-order chi connectivity index (χ1) is 5.65. The van der Waals surface area contributed by atoms with Crippen LogP contribution in [-0.4, -0.2) is 0 Å². The van der Waals surface area contributed by atoms with E-state index in [0.29, 0.717) is 5.75 Å². The highest BCUT2D eigenvalue weighted by atomic mass is 16.7. The van der Waals surface area contributed by atoms with E-state index in [9.17, 15) is 4.91 Å². The second-order valence-corrected chi connectivity index (χ2v) is 2.89. The molecule has 0 fully saturated rings. The maximum absolute atomic E-state index is 9.89. The van der Waals surface area contributed by atoms with Gasteiger partial charge in [-0.3, -0.25) is 0 Å². The van der Waals surface area contributed by atoms with Crippen LogP contribution >= 0.6 is 0 Å². The Kier molecular flexibility index (Phi) is 2.43. The van der Waals surface area contributed by atoms with Gasteiger partial charge in [-0.2, -0.15) is 0 Å². The Labute approximate surface area is 71.3 Å². The quantitative estimate of drug-likeness (QED) is 0.499. The summed E-state index contributed by atoms with van der Waals surface area (Å²) in [4.78, 5) is 14.5. The lowest BCUT2D eigenvalue weighted by Crippen LogP contribution is -1.90. The van der Waals surface area contributed by atoms with Crippen molar-refractivity contribution in [3.05, 3.63) is 33.7 Å². The van der Waals surface area contributed by atoms with E-state index in [1.807, 2.05) is 32.9 Å². The summed E-state index contributed by atoms with van der Waals surface area (Å²) in [5, 5.41) is 2.41. The number of hydrogen-bond acceptors (Lipinski definition) is 3. The van der Waals surface area contributed by atoms with E-state index in [4.69, 9.17) is 0 Å². The van der Waals surface area contributed by atoms with Crippen LogP contribution in [0.25, 0.3) is 0 Å². The predicted octanol–water partition coefficient (Wildman–Crippen LogP) is 2.67. The molecule has 3 heteroatoms. The van der Waals surface area contributed by atoms with Crippen molar-refractivity contribution in [2.24, 2.45) is 5.34 Å². The molecule has 0 radical (unpaired) electrons. The van der Waals surface area contributed by atoms with Gasteiger partial charge in [-0.1, -0.05) is 17.7 Å². The normalized spacial score (nSPS) is 9.58. The molecule has 12 heavy (non-hydrogen) atoms. The summed E-state index contributed by atoms with van der Waals surface area (Å²) < 4.78 is 0. The van der Waals surface area contributed by atoms with Gasteiger partial charge in [0.15, 0.2) is 11.1 Å². The van der Waals surface area contributed by atoms with Gasteiger partial charge in [0, 0.05) is 0 Å². The molecule has 0 aromatic heterocycles. The van der Waals surface area contributed by atoms with Crippen molar-refractivity contribution >= 4 is 0 Å². The van der Waals surface area contributed by atoms with Crippen molar-refractivity contribution in [1.29, 1.82) is 0 Å². The molecule has 1 aromatic rings. The molecule has 0 heterocycles. The third kappa shape index (κ3) is 1.61. The first kappa shape index (κ1) is 8.71. The molecule has 0 saturated carbocycles. The van der Waals surface area contributed by atoms with Gasteiger partial charge in [0.25, 0.3) is 0 Å². The zero-order valence-electron chi connectivity index (χ0n) is 7.42. The molecule has 0 spiro atoms. The fourth-order valence-corrected chi connectivity index (χ4v) is 1.35. The van der Waals surface area contributed by atoms with Gasteiger partial charge < -0.3 is 4.84 Å². The van der Waals surface area contributed by atoms with Crippen LogP contribution in [0, 0.1) is 25.7 Å². The van der Waals surface area contributed by atoms with Crippen molar-refractivity contribution in [2.45, 2.75) is 20.8 Å². The summed E-state index contributed by atoms with van der Waals surface area (Å²) in [6, 6.07) is 3.90. The Morgan fingerprint density at radius 3 is 2.08 bits per heavy atom. The number of benzene rings is 1. The molecule has 0 atom stereocenters. The van der Waals surface area contributed by atoms with Gasteiger partial charge in [-0.25, -0.2) is 0 Å². The third-order valence-corrected chi connectivity index (χ3v) is 1.73. The standard InChI is InChI=1S/C9H11NO2/c1-6-4-7(2)9(12-10-11)8(3)5-6/h4-5H,1-3H3. The van der Waals surface area contributed by atoms with E-state index in [-0.39, 0.29) is 0 Å². The second-order valence-electron chi connectivity index (χ2n) is 2.89. The number of rotatable bonds is 2. The maximum atomic E-state index is 9.89. The smallest absolute Gasteiger partial charge is 0.167 e. The molecule has 0 aliphatic rings. The average Bonchev–Trinajstić information content (AvgIpc) is 1.96. The van der Waals surface area contributed by atoms with Gasteiger partial charge in [0.1, 0.15) is 0 Å². The number of aryl methyl sites for hydroxylation is 3. The monoisotopic (exact) mass is 165 g/mol. The molecular formula is C9H11NO2. The fourth-order valence-electron chi connectivity index (χ4n) is 1.35. The van der Waals surface area contributed by atoms with Crippen LogP contribution in [0.1, 0.15) is 16.7 Å². The Morgan fingerprint density at radius 1 is 1.17 bits per heavy atom. The van der Waals surface area contributed by atoms with E-state index in [0.717, 1.165) is 16.7 Å². The maximum Gasteiger partial charge on any atom is 0.167 e. The molecule has 0 saturated heterocycles. The molecule has 3 nitrogen and oxygen atoms in total. The van der Waals surface area contributed by atoms with Crippen LogP contribution in [-0.2, 0) is 0 Å². The molecular weight excluding hydrogens is 154 g/mol. The molecule has 1 aromatic carbocycles. The zero-order chi connectivity index (χ0) is 9.14. The van der Waals surface area contributed by atoms with Crippen LogP contribution in [0.4, 0.5) is 0 Å². The summed E-state index contributed by atoms with van der Waals surface area (Å²) in [5.41, 5.74) is 3.03. The average molecular weight is 165 g/mol. The van der Waals surface area contributed by atoms with Crippen molar-refractivity contribution < 1.29 is 4.84 Å². The lowest BCUT2D eigenvalue weighted by molar-refractivity contribution is 0.330. The summed E-state index contributed by atoms with van der Waals surface area (Å²) in [6.07, 6.45) is 0. The highest BCUT2D eigenvalue weighted by Gasteiger charge is 2.04. The molecule has 0 unspecified atom stereocenters. The SMILES string of the molecule is Cc1cc(C)c(ON=O)c(C)c1. The molecule has 0 N–H and O–H groups in total. The minimum Gasteiger partial charge on any atom is -0.323 e. The fraction of sp³-hybridized carbons (Fsp3) is 0.333.